The maximum atomic E-state index is 13.0. The minimum Gasteiger partial charge on any atom is -0.479 e. The van der Waals surface area contributed by atoms with E-state index in [1.165, 1.54) is 4.90 Å². The third kappa shape index (κ3) is 3.08. The lowest BCUT2D eigenvalue weighted by atomic mass is 9.85. The fraction of sp³-hybridized carbons (Fsp3) is 0.440. The molecule has 1 saturated carbocycles. The number of hydrogen-bond donors (Lipinski definition) is 1. The van der Waals surface area contributed by atoms with Crippen LogP contribution in [-0.4, -0.2) is 41.3 Å². The van der Waals surface area contributed by atoms with Gasteiger partial charge in [-0.05, 0) is 46.4 Å². The van der Waals surface area contributed by atoms with Crippen molar-refractivity contribution in [2.75, 3.05) is 13.7 Å². The Morgan fingerprint density at radius 3 is 2.07 bits per heavy atom. The maximum Gasteiger partial charge on any atom is 0.410 e. The van der Waals surface area contributed by atoms with Gasteiger partial charge in [0.25, 0.3) is 0 Å². The van der Waals surface area contributed by atoms with Gasteiger partial charge in [0.05, 0.1) is 0 Å². The molecule has 158 valence electrons. The number of ether oxygens (including phenoxy) is 1. The molecule has 2 atom stereocenters. The zero-order valence-electron chi connectivity index (χ0n) is 18.0. The van der Waals surface area contributed by atoms with Crippen molar-refractivity contribution < 1.29 is 19.4 Å². The summed E-state index contributed by atoms with van der Waals surface area (Å²) in [6, 6.07) is 16.3. The maximum absolute atomic E-state index is 13.0. The van der Waals surface area contributed by atoms with Gasteiger partial charge in [-0.2, -0.15) is 0 Å². The molecule has 2 aromatic rings. The van der Waals surface area contributed by atoms with Crippen LogP contribution in [0.25, 0.3) is 11.1 Å². The van der Waals surface area contributed by atoms with Crippen LogP contribution >= 0.6 is 0 Å². The van der Waals surface area contributed by atoms with Crippen LogP contribution in [0.4, 0.5) is 4.79 Å². The Bertz CT molecular complexity index is 953. The van der Waals surface area contributed by atoms with Crippen LogP contribution in [-0.2, 0) is 9.53 Å². The average molecular weight is 408 g/mol. The Labute approximate surface area is 177 Å². The van der Waals surface area contributed by atoms with Crippen molar-refractivity contribution in [3.63, 3.8) is 0 Å². The number of amides is 1. The number of carboxylic acids is 1. The number of hydrogen-bond acceptors (Lipinski definition) is 3. The van der Waals surface area contributed by atoms with E-state index in [4.69, 9.17) is 4.74 Å². The molecular weight excluding hydrogens is 378 g/mol. The Kier molecular flexibility index (Phi) is 4.88. The van der Waals surface area contributed by atoms with E-state index in [1.807, 2.05) is 31.2 Å². The molecule has 0 heterocycles. The first-order valence-corrected chi connectivity index (χ1v) is 10.5. The largest absolute Gasteiger partial charge is 0.479 e. The highest BCUT2D eigenvalue weighted by Crippen LogP contribution is 2.50. The molecule has 2 unspecified atom stereocenters. The topological polar surface area (TPSA) is 66.8 Å². The molecule has 30 heavy (non-hydrogen) atoms. The van der Waals surface area contributed by atoms with Gasteiger partial charge >= 0.3 is 12.1 Å². The van der Waals surface area contributed by atoms with E-state index < -0.39 is 17.6 Å². The molecule has 0 saturated heterocycles. The SMILES string of the molecule is CC1CC(C)(C)CC1(C(=O)O)N(C)C(=O)OCC1c2ccccc2-c2ccccc21. The lowest BCUT2D eigenvalue weighted by Gasteiger charge is -2.38. The highest BCUT2D eigenvalue weighted by Gasteiger charge is 2.58. The molecular formula is C25H29NO4. The summed E-state index contributed by atoms with van der Waals surface area (Å²) in [5.74, 6) is -1.17. The van der Waals surface area contributed by atoms with E-state index in [-0.39, 0.29) is 23.9 Å². The molecule has 0 bridgehead atoms. The van der Waals surface area contributed by atoms with Crippen molar-refractivity contribution in [3.05, 3.63) is 59.7 Å². The number of likely N-dealkylation sites (N-methyl/N-ethyl adjacent to an activating group) is 1. The number of nitrogens with zero attached hydrogens (tertiary/aromatic N) is 1. The van der Waals surface area contributed by atoms with Crippen LogP contribution in [0, 0.1) is 11.3 Å². The third-order valence-corrected chi connectivity index (χ3v) is 7.00. The molecule has 2 aliphatic carbocycles. The summed E-state index contributed by atoms with van der Waals surface area (Å²) < 4.78 is 5.73. The minimum absolute atomic E-state index is 0.0482. The van der Waals surface area contributed by atoms with Crippen LogP contribution in [0.3, 0.4) is 0 Å². The number of benzene rings is 2. The predicted molar refractivity (Wildman–Crippen MR) is 115 cm³/mol. The van der Waals surface area contributed by atoms with Crippen molar-refractivity contribution in [2.24, 2.45) is 11.3 Å². The third-order valence-electron chi connectivity index (χ3n) is 7.00. The van der Waals surface area contributed by atoms with Gasteiger partial charge in [0.15, 0.2) is 0 Å². The van der Waals surface area contributed by atoms with Gasteiger partial charge in [-0.3, -0.25) is 4.90 Å². The van der Waals surface area contributed by atoms with Crippen LogP contribution in [0.5, 0.6) is 0 Å². The molecule has 0 radical (unpaired) electrons. The first-order chi connectivity index (χ1) is 14.2. The van der Waals surface area contributed by atoms with Crippen LogP contribution in [0.2, 0.25) is 0 Å². The number of aliphatic carboxylic acids is 1. The Morgan fingerprint density at radius 2 is 1.60 bits per heavy atom. The molecule has 2 aromatic carbocycles. The van der Waals surface area contributed by atoms with Gasteiger partial charge in [-0.15, -0.1) is 0 Å². The minimum atomic E-state index is -1.24. The summed E-state index contributed by atoms with van der Waals surface area (Å²) in [4.78, 5) is 26.6. The smallest absolute Gasteiger partial charge is 0.410 e. The summed E-state index contributed by atoms with van der Waals surface area (Å²) in [5, 5.41) is 10.1. The summed E-state index contributed by atoms with van der Waals surface area (Å²) in [5.41, 5.74) is 3.21. The molecule has 1 amide bonds. The number of carbonyl (C=O) groups excluding carboxylic acids is 1. The Balaban J connectivity index is 1.56. The van der Waals surface area contributed by atoms with E-state index in [2.05, 4.69) is 38.1 Å². The quantitative estimate of drug-likeness (QED) is 0.761. The number of carbonyl (C=O) groups is 2. The standard InChI is InChI=1S/C25H29NO4/c1-16-13-24(2,3)15-25(16,22(27)28)26(4)23(29)30-14-21-19-11-7-5-9-17(19)18-10-6-8-12-20(18)21/h5-12,16,21H,13-15H2,1-4H3,(H,27,28). The molecule has 2 aliphatic rings. The zero-order chi connectivity index (χ0) is 21.7. The Hall–Kier alpha value is -2.82. The van der Waals surface area contributed by atoms with Gasteiger partial charge in [0, 0.05) is 13.0 Å². The normalized spacial score (nSPS) is 24.2. The summed E-state index contributed by atoms with van der Waals surface area (Å²) in [6.07, 6.45) is 0.584. The molecule has 4 rings (SSSR count). The van der Waals surface area contributed by atoms with E-state index in [0.29, 0.717) is 6.42 Å². The summed E-state index contributed by atoms with van der Waals surface area (Å²) >= 11 is 0. The van der Waals surface area contributed by atoms with E-state index in [0.717, 1.165) is 28.7 Å². The number of carboxylic acid groups (broad SMARTS) is 1. The van der Waals surface area contributed by atoms with Gasteiger partial charge in [-0.1, -0.05) is 69.3 Å². The van der Waals surface area contributed by atoms with Crippen molar-refractivity contribution in [1.82, 2.24) is 4.90 Å². The van der Waals surface area contributed by atoms with E-state index in [1.54, 1.807) is 7.05 Å². The van der Waals surface area contributed by atoms with Gasteiger partial charge in [0.1, 0.15) is 12.1 Å². The van der Waals surface area contributed by atoms with Gasteiger partial charge < -0.3 is 9.84 Å². The number of fused-ring (bicyclic) bond motifs is 3. The number of rotatable bonds is 4. The van der Waals surface area contributed by atoms with Crippen molar-refractivity contribution >= 4 is 12.1 Å². The molecule has 0 aromatic heterocycles. The second-order valence-electron chi connectivity index (χ2n) is 9.54. The molecule has 0 aliphatic heterocycles. The zero-order valence-corrected chi connectivity index (χ0v) is 18.0. The first kappa shape index (κ1) is 20.5. The van der Waals surface area contributed by atoms with Crippen LogP contribution in [0.15, 0.2) is 48.5 Å². The lowest BCUT2D eigenvalue weighted by molar-refractivity contribution is -0.152. The summed E-state index contributed by atoms with van der Waals surface area (Å²) in [7, 11) is 1.56. The van der Waals surface area contributed by atoms with Gasteiger partial charge in [0.2, 0.25) is 0 Å². The fourth-order valence-electron chi connectivity index (χ4n) is 5.71. The second kappa shape index (κ2) is 7.15. The molecule has 1 N–H and O–H groups in total. The van der Waals surface area contributed by atoms with Crippen LogP contribution < -0.4 is 0 Å². The van der Waals surface area contributed by atoms with Gasteiger partial charge in [-0.25, -0.2) is 9.59 Å². The fourth-order valence-corrected chi connectivity index (χ4v) is 5.71. The molecule has 5 nitrogen and oxygen atoms in total. The second-order valence-corrected chi connectivity index (χ2v) is 9.54. The van der Waals surface area contributed by atoms with Crippen LogP contribution in [0.1, 0.15) is 50.7 Å². The Morgan fingerprint density at radius 1 is 1.07 bits per heavy atom. The highest BCUT2D eigenvalue weighted by atomic mass is 16.6. The highest BCUT2D eigenvalue weighted by molar-refractivity contribution is 5.85. The van der Waals surface area contributed by atoms with Crippen molar-refractivity contribution in [3.8, 4) is 11.1 Å². The summed E-state index contributed by atoms with van der Waals surface area (Å²) in [6.45, 7) is 6.21. The van der Waals surface area contributed by atoms with Crippen molar-refractivity contribution in [1.29, 1.82) is 0 Å². The van der Waals surface area contributed by atoms with E-state index in [9.17, 15) is 14.7 Å². The lowest BCUT2D eigenvalue weighted by Crippen LogP contribution is -2.57. The average Bonchev–Trinajstić information content (AvgIpc) is 3.16. The molecule has 5 heteroatoms. The van der Waals surface area contributed by atoms with Crippen molar-refractivity contribution in [2.45, 2.75) is 45.1 Å². The van der Waals surface area contributed by atoms with E-state index >= 15 is 0 Å². The monoisotopic (exact) mass is 407 g/mol. The molecule has 1 fully saturated rings. The molecule has 0 spiro atoms. The first-order valence-electron chi connectivity index (χ1n) is 10.5. The predicted octanol–water partition coefficient (Wildman–Crippen LogP) is 5.15.